The molecule has 8 heteroatoms. The van der Waals surface area contributed by atoms with Gasteiger partial charge in [-0.05, 0) is 74.2 Å². The van der Waals surface area contributed by atoms with Crippen molar-refractivity contribution >= 4 is 11.9 Å². The number of carboxylic acid groups (broad SMARTS) is 1. The van der Waals surface area contributed by atoms with Crippen LogP contribution in [0.25, 0.3) is 5.82 Å². The van der Waals surface area contributed by atoms with Crippen molar-refractivity contribution in [1.29, 1.82) is 0 Å². The SMILES string of the molecule is Cc1ccc(C)n1-c1ccc([C@@H](O)CN[C@H](C)Cc2cccc(CC(=O)NCc3ccc(C(=O)O)cc3)c2)cn1. The Kier molecular flexibility index (Phi) is 9.47. The van der Waals surface area contributed by atoms with E-state index in [-0.39, 0.29) is 23.9 Å². The standard InChI is InChI=1S/C32H36N4O4/c1-21(33-20-29(37)28-13-14-30(34-19-28)36-22(2)7-8-23(36)3)15-25-5-4-6-26(16-25)17-31(38)35-18-24-9-11-27(12-10-24)32(39)40/h4-14,16,19,21,29,33,37H,15,17-18,20H2,1-3H3,(H,35,38)(H,39,40)/t21-,29+/m1/s1. The van der Waals surface area contributed by atoms with Crippen molar-refractivity contribution in [1.82, 2.24) is 20.2 Å². The van der Waals surface area contributed by atoms with Crippen LogP contribution in [0.1, 0.15) is 57.0 Å². The Bertz CT molecular complexity index is 1430. The number of aliphatic hydroxyl groups excluding tert-OH is 1. The highest BCUT2D eigenvalue weighted by Crippen LogP contribution is 2.18. The van der Waals surface area contributed by atoms with Gasteiger partial charge in [0.05, 0.1) is 18.1 Å². The number of aromatic carboxylic acids is 1. The van der Waals surface area contributed by atoms with Crippen LogP contribution in [0.4, 0.5) is 0 Å². The summed E-state index contributed by atoms with van der Waals surface area (Å²) >= 11 is 0. The quantitative estimate of drug-likeness (QED) is 0.213. The van der Waals surface area contributed by atoms with Gasteiger partial charge in [-0.2, -0.15) is 0 Å². The fourth-order valence-electron chi connectivity index (χ4n) is 4.69. The number of rotatable bonds is 12. The van der Waals surface area contributed by atoms with E-state index in [9.17, 15) is 14.7 Å². The first kappa shape index (κ1) is 28.7. The summed E-state index contributed by atoms with van der Waals surface area (Å²) in [7, 11) is 0. The summed E-state index contributed by atoms with van der Waals surface area (Å²) in [5, 5.41) is 26.0. The number of benzene rings is 2. The number of carbonyl (C=O) groups excluding carboxylic acids is 1. The third kappa shape index (κ3) is 7.65. The molecule has 2 aromatic heterocycles. The lowest BCUT2D eigenvalue weighted by molar-refractivity contribution is -0.120. The molecule has 0 spiro atoms. The summed E-state index contributed by atoms with van der Waals surface area (Å²) in [5.74, 6) is -0.243. The van der Waals surface area contributed by atoms with E-state index < -0.39 is 12.1 Å². The fourth-order valence-corrected chi connectivity index (χ4v) is 4.69. The predicted molar refractivity (Wildman–Crippen MR) is 155 cm³/mol. The Morgan fingerprint density at radius 2 is 1.62 bits per heavy atom. The third-order valence-electron chi connectivity index (χ3n) is 6.90. The van der Waals surface area contributed by atoms with Crippen molar-refractivity contribution in [2.45, 2.75) is 52.3 Å². The molecular formula is C32H36N4O4. The lowest BCUT2D eigenvalue weighted by Gasteiger charge is -2.18. The largest absolute Gasteiger partial charge is 0.478 e. The Hall–Kier alpha value is -4.27. The first-order chi connectivity index (χ1) is 19.2. The van der Waals surface area contributed by atoms with Crippen LogP contribution in [0.3, 0.4) is 0 Å². The van der Waals surface area contributed by atoms with E-state index in [1.807, 2.05) is 50.2 Å². The Balaban J connectivity index is 1.24. The first-order valence-electron chi connectivity index (χ1n) is 13.4. The van der Waals surface area contributed by atoms with Gasteiger partial charge in [0, 0.05) is 42.3 Å². The van der Waals surface area contributed by atoms with Crippen LogP contribution in [0, 0.1) is 13.8 Å². The van der Waals surface area contributed by atoms with Gasteiger partial charge in [-0.15, -0.1) is 0 Å². The van der Waals surface area contributed by atoms with Crippen molar-refractivity contribution in [3.05, 3.63) is 118 Å². The molecule has 2 heterocycles. The summed E-state index contributed by atoms with van der Waals surface area (Å²) in [6.07, 6.45) is 2.06. The van der Waals surface area contributed by atoms with Crippen LogP contribution < -0.4 is 10.6 Å². The molecule has 0 aliphatic carbocycles. The van der Waals surface area contributed by atoms with Crippen LogP contribution in [0.15, 0.2) is 79.0 Å². The lowest BCUT2D eigenvalue weighted by atomic mass is 10.0. The zero-order valence-electron chi connectivity index (χ0n) is 23.1. The highest BCUT2D eigenvalue weighted by atomic mass is 16.4. The number of hydrogen-bond acceptors (Lipinski definition) is 5. The molecule has 0 fully saturated rings. The van der Waals surface area contributed by atoms with Gasteiger partial charge in [0.1, 0.15) is 5.82 Å². The molecule has 4 N–H and O–H groups in total. The Morgan fingerprint density at radius 1 is 0.925 bits per heavy atom. The molecule has 208 valence electrons. The van der Waals surface area contributed by atoms with Crippen molar-refractivity contribution in [3.63, 3.8) is 0 Å². The average Bonchev–Trinajstić information content (AvgIpc) is 3.28. The predicted octanol–water partition coefficient (Wildman–Crippen LogP) is 4.30. The number of nitrogens with one attached hydrogen (secondary N) is 2. The third-order valence-corrected chi connectivity index (χ3v) is 6.90. The number of aliphatic hydroxyl groups is 1. The monoisotopic (exact) mass is 540 g/mol. The number of nitrogens with zero attached hydrogens (tertiary/aromatic N) is 2. The minimum Gasteiger partial charge on any atom is -0.478 e. The van der Waals surface area contributed by atoms with E-state index >= 15 is 0 Å². The molecule has 0 unspecified atom stereocenters. The molecule has 4 aromatic rings. The van der Waals surface area contributed by atoms with Crippen molar-refractivity contribution in [3.8, 4) is 5.82 Å². The van der Waals surface area contributed by atoms with Gasteiger partial charge in [-0.1, -0.05) is 42.5 Å². The minimum absolute atomic E-state index is 0.101. The molecule has 0 saturated heterocycles. The van der Waals surface area contributed by atoms with E-state index in [1.54, 1.807) is 18.3 Å². The summed E-state index contributed by atoms with van der Waals surface area (Å²) in [6.45, 7) is 6.89. The lowest BCUT2D eigenvalue weighted by Crippen LogP contribution is -2.32. The van der Waals surface area contributed by atoms with E-state index in [4.69, 9.17) is 5.11 Å². The number of pyridine rings is 1. The van der Waals surface area contributed by atoms with Gasteiger partial charge < -0.3 is 25.4 Å². The van der Waals surface area contributed by atoms with Gasteiger partial charge in [0.2, 0.25) is 5.91 Å². The zero-order valence-corrected chi connectivity index (χ0v) is 23.1. The van der Waals surface area contributed by atoms with Crippen LogP contribution in [0.5, 0.6) is 0 Å². The van der Waals surface area contributed by atoms with Crippen LogP contribution in [0.2, 0.25) is 0 Å². The highest BCUT2D eigenvalue weighted by Gasteiger charge is 2.13. The number of aryl methyl sites for hydroxylation is 2. The first-order valence-corrected chi connectivity index (χ1v) is 13.4. The van der Waals surface area contributed by atoms with Crippen LogP contribution in [-0.2, 0) is 24.2 Å². The number of carboxylic acids is 1. The molecule has 40 heavy (non-hydrogen) atoms. The number of carbonyl (C=O) groups is 2. The van der Waals surface area contributed by atoms with Crippen molar-refractivity contribution in [2.75, 3.05) is 6.54 Å². The fraction of sp³-hybridized carbons (Fsp3) is 0.281. The molecule has 0 radical (unpaired) electrons. The van der Waals surface area contributed by atoms with E-state index in [0.717, 1.165) is 45.9 Å². The van der Waals surface area contributed by atoms with Crippen LogP contribution in [-0.4, -0.2) is 44.2 Å². The number of aromatic nitrogens is 2. The second-order valence-corrected chi connectivity index (χ2v) is 10.2. The topological polar surface area (TPSA) is 116 Å². The molecule has 8 nitrogen and oxygen atoms in total. The van der Waals surface area contributed by atoms with Crippen molar-refractivity contribution in [2.24, 2.45) is 0 Å². The van der Waals surface area contributed by atoms with Gasteiger partial charge in [0.15, 0.2) is 0 Å². The van der Waals surface area contributed by atoms with Gasteiger partial charge >= 0.3 is 5.97 Å². The summed E-state index contributed by atoms with van der Waals surface area (Å²) in [5.41, 5.74) is 6.07. The second kappa shape index (κ2) is 13.2. The van der Waals surface area contributed by atoms with Crippen LogP contribution >= 0.6 is 0 Å². The molecule has 2 atom stereocenters. The molecule has 0 bridgehead atoms. The molecule has 0 saturated carbocycles. The minimum atomic E-state index is -0.975. The molecular weight excluding hydrogens is 504 g/mol. The molecule has 2 aromatic carbocycles. The van der Waals surface area contributed by atoms with Gasteiger partial charge in [-0.3, -0.25) is 4.79 Å². The Morgan fingerprint density at radius 3 is 2.27 bits per heavy atom. The van der Waals surface area contributed by atoms with Gasteiger partial charge in [0.25, 0.3) is 0 Å². The van der Waals surface area contributed by atoms with E-state index in [1.165, 1.54) is 12.1 Å². The summed E-state index contributed by atoms with van der Waals surface area (Å²) in [4.78, 5) is 28.0. The maximum atomic E-state index is 12.5. The van der Waals surface area contributed by atoms with E-state index in [0.29, 0.717) is 13.1 Å². The molecule has 1 amide bonds. The highest BCUT2D eigenvalue weighted by molar-refractivity contribution is 5.87. The smallest absolute Gasteiger partial charge is 0.335 e. The molecule has 0 aliphatic heterocycles. The number of hydrogen-bond donors (Lipinski definition) is 4. The average molecular weight is 541 g/mol. The maximum absolute atomic E-state index is 12.5. The molecule has 4 rings (SSSR count). The molecule has 0 aliphatic rings. The summed E-state index contributed by atoms with van der Waals surface area (Å²) in [6, 6.07) is 22.5. The van der Waals surface area contributed by atoms with E-state index in [2.05, 4.69) is 39.2 Å². The summed E-state index contributed by atoms with van der Waals surface area (Å²) < 4.78 is 2.08. The maximum Gasteiger partial charge on any atom is 0.335 e. The van der Waals surface area contributed by atoms with Gasteiger partial charge in [-0.25, -0.2) is 9.78 Å². The van der Waals surface area contributed by atoms with Crippen molar-refractivity contribution < 1.29 is 19.8 Å². The normalized spacial score (nSPS) is 12.6. The zero-order chi connectivity index (χ0) is 28.6. The Labute approximate surface area is 234 Å². The number of amides is 1. The second-order valence-electron chi connectivity index (χ2n) is 10.2.